The number of nitrogen functional groups attached to an aromatic ring is 1. The van der Waals surface area contributed by atoms with Gasteiger partial charge in [-0.3, -0.25) is 0 Å². The summed E-state index contributed by atoms with van der Waals surface area (Å²) >= 11 is 3.44. The summed E-state index contributed by atoms with van der Waals surface area (Å²) in [6, 6.07) is 6.13. The van der Waals surface area contributed by atoms with Gasteiger partial charge >= 0.3 is 0 Å². The first kappa shape index (κ1) is 11.7. The van der Waals surface area contributed by atoms with Crippen LogP contribution in [0.2, 0.25) is 0 Å². The highest BCUT2D eigenvalue weighted by Gasteiger charge is 2.14. The standard InChI is InChI=1S/C12H18BrN3/c1-15-5-2-6-16(8-7-15)12-4-3-10(13)9-11(12)14/h3-4,9H,2,5-8,14H2,1H3. The molecule has 1 aromatic carbocycles. The number of anilines is 2. The van der Waals surface area contributed by atoms with Crippen LogP contribution in [0.4, 0.5) is 11.4 Å². The molecule has 0 radical (unpaired) electrons. The molecular weight excluding hydrogens is 266 g/mol. The van der Waals surface area contributed by atoms with E-state index in [9.17, 15) is 0 Å². The van der Waals surface area contributed by atoms with E-state index >= 15 is 0 Å². The lowest BCUT2D eigenvalue weighted by Gasteiger charge is -2.24. The lowest BCUT2D eigenvalue weighted by Crippen LogP contribution is -2.29. The Hall–Kier alpha value is -0.740. The summed E-state index contributed by atoms with van der Waals surface area (Å²) in [5.74, 6) is 0. The van der Waals surface area contributed by atoms with Gasteiger partial charge in [-0.05, 0) is 38.2 Å². The maximum atomic E-state index is 6.05. The molecule has 0 aromatic heterocycles. The van der Waals surface area contributed by atoms with E-state index in [1.807, 2.05) is 6.07 Å². The Labute approximate surface area is 105 Å². The van der Waals surface area contributed by atoms with Crippen LogP contribution in [0.15, 0.2) is 22.7 Å². The molecule has 1 fully saturated rings. The third-order valence-corrected chi connectivity index (χ3v) is 3.54. The van der Waals surface area contributed by atoms with Crippen LogP contribution in [0.3, 0.4) is 0 Å². The van der Waals surface area contributed by atoms with Crippen molar-refractivity contribution in [3.63, 3.8) is 0 Å². The number of halogens is 1. The van der Waals surface area contributed by atoms with Gasteiger partial charge in [-0.15, -0.1) is 0 Å². The number of likely N-dealkylation sites (N-methyl/N-ethyl adjacent to an activating group) is 1. The molecule has 88 valence electrons. The van der Waals surface area contributed by atoms with Crippen molar-refractivity contribution in [2.24, 2.45) is 0 Å². The van der Waals surface area contributed by atoms with Gasteiger partial charge in [-0.2, -0.15) is 0 Å². The molecule has 0 saturated carbocycles. The minimum atomic E-state index is 0.860. The molecule has 0 spiro atoms. The van der Waals surface area contributed by atoms with Crippen LogP contribution in [0, 0.1) is 0 Å². The highest BCUT2D eigenvalue weighted by molar-refractivity contribution is 9.10. The molecule has 0 atom stereocenters. The van der Waals surface area contributed by atoms with Gasteiger partial charge in [0.15, 0.2) is 0 Å². The molecule has 2 rings (SSSR count). The summed E-state index contributed by atoms with van der Waals surface area (Å²) in [4.78, 5) is 4.75. The van der Waals surface area contributed by atoms with Crippen molar-refractivity contribution in [3.05, 3.63) is 22.7 Å². The molecule has 0 bridgehead atoms. The number of rotatable bonds is 1. The molecule has 0 amide bonds. The zero-order valence-electron chi connectivity index (χ0n) is 9.62. The molecule has 2 N–H and O–H groups in total. The molecule has 4 heteroatoms. The second-order valence-corrected chi connectivity index (χ2v) is 5.26. The number of hydrogen-bond acceptors (Lipinski definition) is 3. The third kappa shape index (κ3) is 2.68. The monoisotopic (exact) mass is 283 g/mol. The van der Waals surface area contributed by atoms with Crippen molar-refractivity contribution < 1.29 is 0 Å². The van der Waals surface area contributed by atoms with Crippen LogP contribution in [-0.2, 0) is 0 Å². The maximum absolute atomic E-state index is 6.05. The number of nitrogens with zero attached hydrogens (tertiary/aromatic N) is 2. The molecule has 0 aliphatic carbocycles. The molecule has 1 aliphatic heterocycles. The summed E-state index contributed by atoms with van der Waals surface area (Å²) in [5, 5.41) is 0. The fourth-order valence-electron chi connectivity index (χ4n) is 2.10. The predicted octanol–water partition coefficient (Wildman–Crippen LogP) is 2.17. The molecule has 16 heavy (non-hydrogen) atoms. The van der Waals surface area contributed by atoms with E-state index in [2.05, 4.69) is 44.9 Å². The van der Waals surface area contributed by atoms with Crippen LogP contribution < -0.4 is 10.6 Å². The summed E-state index contributed by atoms with van der Waals surface area (Å²) in [7, 11) is 2.18. The SMILES string of the molecule is CN1CCCN(c2ccc(Br)cc2N)CC1. The van der Waals surface area contributed by atoms with E-state index in [-0.39, 0.29) is 0 Å². The van der Waals surface area contributed by atoms with Crippen LogP contribution in [0.1, 0.15) is 6.42 Å². The lowest BCUT2D eigenvalue weighted by molar-refractivity contribution is 0.360. The van der Waals surface area contributed by atoms with Crippen LogP contribution in [-0.4, -0.2) is 38.1 Å². The smallest absolute Gasteiger partial charge is 0.0601 e. The highest BCUT2D eigenvalue weighted by Crippen LogP contribution is 2.27. The van der Waals surface area contributed by atoms with Crippen molar-refractivity contribution in [2.45, 2.75) is 6.42 Å². The van der Waals surface area contributed by atoms with Crippen LogP contribution >= 0.6 is 15.9 Å². The maximum Gasteiger partial charge on any atom is 0.0601 e. The Morgan fingerprint density at radius 3 is 2.75 bits per heavy atom. The van der Waals surface area contributed by atoms with Crippen molar-refractivity contribution in [2.75, 3.05) is 43.9 Å². The first-order valence-corrected chi connectivity index (χ1v) is 6.44. The van der Waals surface area contributed by atoms with Crippen molar-refractivity contribution in [1.82, 2.24) is 4.90 Å². The van der Waals surface area contributed by atoms with Gasteiger partial charge in [0.2, 0.25) is 0 Å². The summed E-state index contributed by atoms with van der Waals surface area (Å²) < 4.78 is 1.04. The van der Waals surface area contributed by atoms with Gasteiger partial charge in [0, 0.05) is 24.1 Å². The van der Waals surface area contributed by atoms with Gasteiger partial charge in [-0.1, -0.05) is 15.9 Å². The molecule has 1 aromatic rings. The predicted molar refractivity (Wildman–Crippen MR) is 72.9 cm³/mol. The number of hydrogen-bond donors (Lipinski definition) is 1. The van der Waals surface area contributed by atoms with E-state index in [4.69, 9.17) is 5.73 Å². The Morgan fingerprint density at radius 2 is 2.00 bits per heavy atom. The fraction of sp³-hybridized carbons (Fsp3) is 0.500. The first-order valence-electron chi connectivity index (χ1n) is 5.65. The van der Waals surface area contributed by atoms with Gasteiger partial charge < -0.3 is 15.5 Å². The Kier molecular flexibility index (Phi) is 3.71. The number of benzene rings is 1. The van der Waals surface area contributed by atoms with E-state index < -0.39 is 0 Å². The Balaban J connectivity index is 2.16. The Morgan fingerprint density at radius 1 is 1.19 bits per heavy atom. The quantitative estimate of drug-likeness (QED) is 0.802. The van der Waals surface area contributed by atoms with Crippen LogP contribution in [0.5, 0.6) is 0 Å². The van der Waals surface area contributed by atoms with Gasteiger partial charge in [-0.25, -0.2) is 0 Å². The molecule has 1 heterocycles. The molecule has 0 unspecified atom stereocenters. The number of nitrogens with two attached hydrogens (primary N) is 1. The van der Waals surface area contributed by atoms with Crippen molar-refractivity contribution in [1.29, 1.82) is 0 Å². The van der Waals surface area contributed by atoms with Crippen LogP contribution in [0.25, 0.3) is 0 Å². The largest absolute Gasteiger partial charge is 0.397 e. The van der Waals surface area contributed by atoms with E-state index in [0.717, 1.165) is 29.8 Å². The topological polar surface area (TPSA) is 32.5 Å². The second kappa shape index (κ2) is 5.06. The fourth-order valence-corrected chi connectivity index (χ4v) is 2.48. The normalized spacial score (nSPS) is 18.5. The van der Waals surface area contributed by atoms with E-state index in [1.165, 1.54) is 18.7 Å². The molecule has 1 aliphatic rings. The zero-order chi connectivity index (χ0) is 11.5. The van der Waals surface area contributed by atoms with Gasteiger partial charge in [0.25, 0.3) is 0 Å². The first-order chi connectivity index (χ1) is 7.66. The summed E-state index contributed by atoms with van der Waals surface area (Å²) in [6.45, 7) is 4.43. The van der Waals surface area contributed by atoms with Gasteiger partial charge in [0.1, 0.15) is 0 Å². The van der Waals surface area contributed by atoms with Gasteiger partial charge in [0.05, 0.1) is 11.4 Å². The minimum Gasteiger partial charge on any atom is -0.397 e. The summed E-state index contributed by atoms with van der Waals surface area (Å²) in [5.41, 5.74) is 8.08. The highest BCUT2D eigenvalue weighted by atomic mass is 79.9. The minimum absolute atomic E-state index is 0.860. The van der Waals surface area contributed by atoms with E-state index in [0.29, 0.717) is 0 Å². The zero-order valence-corrected chi connectivity index (χ0v) is 11.2. The lowest BCUT2D eigenvalue weighted by atomic mass is 10.2. The molecule has 1 saturated heterocycles. The Bertz CT molecular complexity index is 367. The third-order valence-electron chi connectivity index (χ3n) is 3.05. The summed E-state index contributed by atoms with van der Waals surface area (Å²) in [6.07, 6.45) is 1.20. The molecule has 3 nitrogen and oxygen atoms in total. The molecular formula is C12H18BrN3. The van der Waals surface area contributed by atoms with Crippen molar-refractivity contribution in [3.8, 4) is 0 Å². The van der Waals surface area contributed by atoms with Crippen molar-refractivity contribution >= 4 is 27.3 Å². The second-order valence-electron chi connectivity index (χ2n) is 4.35. The van der Waals surface area contributed by atoms with E-state index in [1.54, 1.807) is 0 Å². The average Bonchev–Trinajstić information content (AvgIpc) is 2.43. The average molecular weight is 284 g/mol.